The van der Waals surface area contributed by atoms with Crippen molar-refractivity contribution in [1.82, 2.24) is 4.57 Å². The molecule has 4 nitrogen and oxygen atoms in total. The van der Waals surface area contributed by atoms with E-state index in [1.54, 1.807) is 30.0 Å². The predicted molar refractivity (Wildman–Crippen MR) is 89.6 cm³/mol. The first-order valence-corrected chi connectivity index (χ1v) is 8.19. The normalized spacial score (nSPS) is 16.3. The Morgan fingerprint density at radius 2 is 1.83 bits per heavy atom. The standard InChI is InChI=1S/C19H22N2O2/c1-23-17-12-6-5-11-16(17)19(22)21-14-8-7-13-18(21)20-15-9-3-2-4-10-15/h5-8,11-15H,2-4,9-10H2,1H3. The number of rotatable bonds is 3. The van der Waals surface area contributed by atoms with E-state index in [2.05, 4.69) is 0 Å². The van der Waals surface area contributed by atoms with Crippen LogP contribution < -0.4 is 10.2 Å². The SMILES string of the molecule is COc1ccccc1C(=O)n1ccccc1=NC1CCCCC1. The molecular formula is C19H22N2O2. The fraction of sp³-hybridized carbons (Fsp3) is 0.368. The van der Waals surface area contributed by atoms with E-state index < -0.39 is 0 Å². The van der Waals surface area contributed by atoms with Crippen LogP contribution in [0.2, 0.25) is 0 Å². The summed E-state index contributed by atoms with van der Waals surface area (Å²) < 4.78 is 6.93. The third-order valence-corrected chi connectivity index (χ3v) is 4.28. The lowest BCUT2D eigenvalue weighted by Crippen LogP contribution is -2.29. The monoisotopic (exact) mass is 310 g/mol. The van der Waals surface area contributed by atoms with Crippen LogP contribution >= 0.6 is 0 Å². The number of carbonyl (C=O) groups excluding carboxylic acids is 1. The highest BCUT2D eigenvalue weighted by atomic mass is 16.5. The Balaban J connectivity index is 1.99. The largest absolute Gasteiger partial charge is 0.496 e. The third-order valence-electron chi connectivity index (χ3n) is 4.28. The van der Waals surface area contributed by atoms with Crippen molar-refractivity contribution >= 4 is 5.91 Å². The van der Waals surface area contributed by atoms with E-state index in [4.69, 9.17) is 9.73 Å². The van der Waals surface area contributed by atoms with Crippen LogP contribution in [0.25, 0.3) is 0 Å². The quantitative estimate of drug-likeness (QED) is 0.872. The van der Waals surface area contributed by atoms with Gasteiger partial charge in [0.05, 0.1) is 18.7 Å². The van der Waals surface area contributed by atoms with Crippen molar-refractivity contribution < 1.29 is 9.53 Å². The first-order valence-electron chi connectivity index (χ1n) is 8.19. The number of ether oxygens (including phenoxy) is 1. The van der Waals surface area contributed by atoms with E-state index >= 15 is 0 Å². The number of hydrogen-bond donors (Lipinski definition) is 0. The van der Waals surface area contributed by atoms with E-state index in [1.165, 1.54) is 19.3 Å². The minimum Gasteiger partial charge on any atom is -0.496 e. The molecule has 1 aromatic carbocycles. The van der Waals surface area contributed by atoms with E-state index in [0.717, 1.165) is 18.3 Å². The smallest absolute Gasteiger partial charge is 0.267 e. The van der Waals surface area contributed by atoms with Gasteiger partial charge in [0.1, 0.15) is 11.2 Å². The second kappa shape index (κ2) is 7.27. The molecule has 1 saturated carbocycles. The number of hydrogen-bond acceptors (Lipinski definition) is 3. The zero-order valence-electron chi connectivity index (χ0n) is 13.4. The highest BCUT2D eigenvalue weighted by Crippen LogP contribution is 2.20. The summed E-state index contributed by atoms with van der Waals surface area (Å²) >= 11 is 0. The van der Waals surface area contributed by atoms with Gasteiger partial charge in [-0.05, 0) is 37.1 Å². The third kappa shape index (κ3) is 3.52. The maximum absolute atomic E-state index is 12.9. The number of methoxy groups -OCH3 is 1. The van der Waals surface area contributed by atoms with Crippen LogP contribution in [0.1, 0.15) is 42.5 Å². The van der Waals surface area contributed by atoms with Crippen LogP contribution in [-0.2, 0) is 0 Å². The average molecular weight is 310 g/mol. The average Bonchev–Trinajstić information content (AvgIpc) is 2.62. The van der Waals surface area contributed by atoms with Gasteiger partial charge in [0, 0.05) is 6.20 Å². The first kappa shape index (κ1) is 15.5. The van der Waals surface area contributed by atoms with Gasteiger partial charge in [-0.2, -0.15) is 0 Å². The van der Waals surface area contributed by atoms with E-state index in [-0.39, 0.29) is 5.91 Å². The molecule has 1 heterocycles. The Kier molecular flexibility index (Phi) is 4.91. The Bertz CT molecular complexity index is 743. The molecule has 0 unspecified atom stereocenters. The molecule has 0 atom stereocenters. The van der Waals surface area contributed by atoms with Gasteiger partial charge in [-0.15, -0.1) is 0 Å². The van der Waals surface area contributed by atoms with Crippen molar-refractivity contribution in [2.24, 2.45) is 4.99 Å². The van der Waals surface area contributed by atoms with Crippen molar-refractivity contribution in [1.29, 1.82) is 0 Å². The summed E-state index contributed by atoms with van der Waals surface area (Å²) in [5.74, 6) is 0.468. The summed E-state index contributed by atoms with van der Waals surface area (Å²) in [6, 6.07) is 13.3. The molecule has 23 heavy (non-hydrogen) atoms. The number of pyridine rings is 1. The molecule has 120 valence electrons. The lowest BCUT2D eigenvalue weighted by molar-refractivity contribution is 0.0951. The van der Waals surface area contributed by atoms with Crippen LogP contribution in [-0.4, -0.2) is 23.6 Å². The summed E-state index contributed by atoms with van der Waals surface area (Å²) in [6.07, 6.45) is 7.73. The first-order chi connectivity index (χ1) is 11.3. The van der Waals surface area contributed by atoms with Gasteiger partial charge in [0.2, 0.25) is 0 Å². The summed E-state index contributed by atoms with van der Waals surface area (Å²) in [5.41, 5.74) is 1.27. The molecule has 1 fully saturated rings. The molecular weight excluding hydrogens is 288 g/mol. The molecule has 0 spiro atoms. The lowest BCUT2D eigenvalue weighted by atomic mass is 9.96. The Morgan fingerprint density at radius 1 is 1.09 bits per heavy atom. The second-order valence-corrected chi connectivity index (χ2v) is 5.86. The van der Waals surface area contributed by atoms with Crippen LogP contribution in [0.3, 0.4) is 0 Å². The van der Waals surface area contributed by atoms with E-state index in [9.17, 15) is 4.79 Å². The van der Waals surface area contributed by atoms with Crippen LogP contribution in [0.4, 0.5) is 0 Å². The molecule has 2 aromatic rings. The minimum atomic E-state index is -0.113. The van der Waals surface area contributed by atoms with Crippen molar-refractivity contribution in [3.63, 3.8) is 0 Å². The Labute approximate surface area is 136 Å². The molecule has 1 aliphatic carbocycles. The van der Waals surface area contributed by atoms with Gasteiger partial charge >= 0.3 is 0 Å². The van der Waals surface area contributed by atoms with E-state index in [1.807, 2.05) is 30.3 Å². The summed E-state index contributed by atoms with van der Waals surface area (Å²) in [6.45, 7) is 0. The molecule has 1 aliphatic rings. The molecule has 0 amide bonds. The lowest BCUT2D eigenvalue weighted by Gasteiger charge is -2.18. The summed E-state index contributed by atoms with van der Waals surface area (Å²) in [7, 11) is 1.58. The minimum absolute atomic E-state index is 0.113. The molecule has 0 aliphatic heterocycles. The fourth-order valence-electron chi connectivity index (χ4n) is 3.06. The summed E-state index contributed by atoms with van der Waals surface area (Å²) in [5, 5.41) is 0. The maximum atomic E-state index is 12.9. The zero-order valence-corrected chi connectivity index (χ0v) is 13.4. The number of nitrogens with zero attached hydrogens (tertiary/aromatic N) is 2. The Morgan fingerprint density at radius 3 is 2.61 bits per heavy atom. The topological polar surface area (TPSA) is 43.6 Å². The highest BCUT2D eigenvalue weighted by Gasteiger charge is 2.15. The number of carbonyl (C=O) groups is 1. The van der Waals surface area contributed by atoms with Gasteiger partial charge in [-0.25, -0.2) is 0 Å². The van der Waals surface area contributed by atoms with Gasteiger partial charge < -0.3 is 4.74 Å². The number of benzene rings is 1. The summed E-state index contributed by atoms with van der Waals surface area (Å²) in [4.78, 5) is 17.7. The number of para-hydroxylation sites is 1. The molecule has 1 aromatic heterocycles. The van der Waals surface area contributed by atoms with Gasteiger partial charge in [-0.1, -0.05) is 37.5 Å². The number of aromatic nitrogens is 1. The van der Waals surface area contributed by atoms with Gasteiger partial charge in [0.15, 0.2) is 0 Å². The van der Waals surface area contributed by atoms with Crippen LogP contribution in [0.5, 0.6) is 5.75 Å². The van der Waals surface area contributed by atoms with Crippen molar-refractivity contribution in [3.8, 4) is 5.75 Å². The molecule has 0 radical (unpaired) electrons. The molecule has 4 heteroatoms. The van der Waals surface area contributed by atoms with Gasteiger partial charge in [-0.3, -0.25) is 14.4 Å². The van der Waals surface area contributed by atoms with Gasteiger partial charge in [0.25, 0.3) is 5.91 Å². The zero-order chi connectivity index (χ0) is 16.1. The van der Waals surface area contributed by atoms with Crippen molar-refractivity contribution in [2.45, 2.75) is 38.1 Å². The fourth-order valence-corrected chi connectivity index (χ4v) is 3.06. The molecule has 0 bridgehead atoms. The highest BCUT2D eigenvalue weighted by molar-refractivity contribution is 5.98. The van der Waals surface area contributed by atoms with Crippen molar-refractivity contribution in [2.75, 3.05) is 7.11 Å². The van der Waals surface area contributed by atoms with Crippen LogP contribution in [0, 0.1) is 0 Å². The molecule has 0 N–H and O–H groups in total. The second-order valence-electron chi connectivity index (χ2n) is 5.86. The Hall–Kier alpha value is -2.36. The van der Waals surface area contributed by atoms with Crippen molar-refractivity contribution in [3.05, 3.63) is 59.7 Å². The maximum Gasteiger partial charge on any atom is 0.267 e. The van der Waals surface area contributed by atoms with Crippen LogP contribution in [0.15, 0.2) is 53.7 Å². The molecule has 3 rings (SSSR count). The molecule has 0 saturated heterocycles. The van der Waals surface area contributed by atoms with E-state index in [0.29, 0.717) is 17.4 Å². The predicted octanol–water partition coefficient (Wildman–Crippen LogP) is 3.42.